The first kappa shape index (κ1) is 18.9. The lowest BCUT2D eigenvalue weighted by Crippen LogP contribution is -2.30. The minimum atomic E-state index is -0.931. The lowest BCUT2D eigenvalue weighted by molar-refractivity contribution is -0.153. The lowest BCUT2D eigenvalue weighted by Gasteiger charge is -2.14. The minimum absolute atomic E-state index is 0.0701. The smallest absolute Gasteiger partial charge is 0.307 e. The zero-order chi connectivity index (χ0) is 19.4. The van der Waals surface area contributed by atoms with Gasteiger partial charge >= 0.3 is 5.97 Å². The van der Waals surface area contributed by atoms with Crippen LogP contribution in [0.25, 0.3) is 11.1 Å². The van der Waals surface area contributed by atoms with Gasteiger partial charge in [-0.15, -0.1) is 0 Å². The van der Waals surface area contributed by atoms with E-state index in [0.29, 0.717) is 28.6 Å². The van der Waals surface area contributed by atoms with Crippen LogP contribution in [0.5, 0.6) is 0 Å². The summed E-state index contributed by atoms with van der Waals surface area (Å²) in [4.78, 5) is 28.6. The average molecular weight is 387 g/mol. The summed E-state index contributed by atoms with van der Waals surface area (Å²) in [5.41, 5.74) is 2.86. The molecule has 0 spiro atoms. The van der Waals surface area contributed by atoms with Crippen LogP contribution in [0.3, 0.4) is 0 Å². The number of halogens is 1. The molecule has 0 unspecified atom stereocenters. The van der Waals surface area contributed by atoms with Crippen molar-refractivity contribution < 1.29 is 18.7 Å². The van der Waals surface area contributed by atoms with Gasteiger partial charge in [0.1, 0.15) is 5.52 Å². The Hall–Kier alpha value is -2.86. The van der Waals surface area contributed by atoms with E-state index in [9.17, 15) is 9.59 Å². The van der Waals surface area contributed by atoms with E-state index >= 15 is 0 Å². The maximum atomic E-state index is 12.2. The number of nitrogens with one attached hydrogen (secondary N) is 1. The van der Waals surface area contributed by atoms with Crippen molar-refractivity contribution in [2.75, 3.05) is 5.32 Å². The second kappa shape index (κ2) is 8.22. The molecule has 3 aromatic rings. The largest absolute Gasteiger partial charge is 0.453 e. The summed E-state index contributed by atoms with van der Waals surface area (Å²) >= 11 is 5.94. The molecular weight excluding hydrogens is 368 g/mol. The SMILES string of the molecule is Cc1ccc(Cl)cc1NC(=O)[C@H](C)OC(=O)CCc1nc2ccccc2o1. The molecule has 1 heterocycles. The van der Waals surface area contributed by atoms with Crippen LogP contribution in [0.4, 0.5) is 5.69 Å². The predicted molar refractivity (Wildman–Crippen MR) is 103 cm³/mol. The fraction of sp³-hybridized carbons (Fsp3) is 0.250. The first-order valence-electron chi connectivity index (χ1n) is 8.53. The summed E-state index contributed by atoms with van der Waals surface area (Å²) < 4.78 is 10.8. The zero-order valence-corrected chi connectivity index (χ0v) is 15.7. The van der Waals surface area contributed by atoms with E-state index in [0.717, 1.165) is 11.1 Å². The van der Waals surface area contributed by atoms with Crippen LogP contribution >= 0.6 is 11.6 Å². The molecule has 0 aliphatic heterocycles. The molecule has 0 fully saturated rings. The molecule has 0 aliphatic carbocycles. The van der Waals surface area contributed by atoms with Crippen LogP contribution in [0.1, 0.15) is 24.8 Å². The number of aromatic nitrogens is 1. The van der Waals surface area contributed by atoms with Gasteiger partial charge in [0.2, 0.25) is 0 Å². The molecule has 0 saturated carbocycles. The number of anilines is 1. The lowest BCUT2D eigenvalue weighted by atomic mass is 10.2. The van der Waals surface area contributed by atoms with Crippen molar-refractivity contribution in [3.05, 3.63) is 58.9 Å². The second-order valence-corrected chi connectivity index (χ2v) is 6.59. The van der Waals surface area contributed by atoms with Gasteiger partial charge in [-0.2, -0.15) is 0 Å². The number of nitrogens with zero attached hydrogens (tertiary/aromatic N) is 1. The number of amides is 1. The molecule has 2 aromatic carbocycles. The van der Waals surface area contributed by atoms with Gasteiger partial charge in [-0.05, 0) is 43.7 Å². The molecule has 1 aromatic heterocycles. The molecule has 1 atom stereocenters. The number of hydrogen-bond donors (Lipinski definition) is 1. The average Bonchev–Trinajstić information content (AvgIpc) is 3.06. The maximum Gasteiger partial charge on any atom is 0.307 e. The molecule has 6 nitrogen and oxygen atoms in total. The summed E-state index contributed by atoms with van der Waals surface area (Å²) in [5.74, 6) is -0.460. The number of aryl methyl sites for hydroxylation is 2. The third kappa shape index (κ3) is 4.86. The predicted octanol–water partition coefficient (Wildman–Crippen LogP) is 4.29. The number of ether oxygens (including phenoxy) is 1. The summed E-state index contributed by atoms with van der Waals surface area (Å²) in [6, 6.07) is 12.6. The highest BCUT2D eigenvalue weighted by Gasteiger charge is 2.19. The van der Waals surface area contributed by atoms with E-state index in [1.54, 1.807) is 18.2 Å². The Morgan fingerprint density at radius 3 is 2.81 bits per heavy atom. The Bertz CT molecular complexity index is 950. The van der Waals surface area contributed by atoms with Crippen LogP contribution in [-0.4, -0.2) is 23.0 Å². The number of esters is 1. The van der Waals surface area contributed by atoms with Crippen molar-refractivity contribution in [2.24, 2.45) is 0 Å². The van der Waals surface area contributed by atoms with Crippen molar-refractivity contribution in [1.82, 2.24) is 4.98 Å². The Kier molecular flexibility index (Phi) is 5.76. The standard InChI is InChI=1S/C20H19ClN2O4/c1-12-7-8-14(21)11-16(12)23-20(25)13(2)26-19(24)10-9-18-22-15-5-3-4-6-17(15)27-18/h3-8,11,13H,9-10H2,1-2H3,(H,23,25)/t13-/m0/s1. The Balaban J connectivity index is 1.52. The van der Waals surface area contributed by atoms with E-state index in [-0.39, 0.29) is 6.42 Å². The number of rotatable bonds is 6. The van der Waals surface area contributed by atoms with Crippen LogP contribution in [0.2, 0.25) is 5.02 Å². The van der Waals surface area contributed by atoms with Crippen molar-refractivity contribution in [3.8, 4) is 0 Å². The first-order chi connectivity index (χ1) is 12.9. The van der Waals surface area contributed by atoms with E-state index in [1.807, 2.05) is 31.2 Å². The molecule has 7 heteroatoms. The maximum absolute atomic E-state index is 12.2. The second-order valence-electron chi connectivity index (χ2n) is 6.16. The number of carbonyl (C=O) groups is 2. The molecular formula is C20H19ClN2O4. The Morgan fingerprint density at radius 1 is 1.26 bits per heavy atom. The molecule has 0 bridgehead atoms. The van der Waals surface area contributed by atoms with Gasteiger partial charge in [0, 0.05) is 17.1 Å². The molecule has 0 saturated heterocycles. The number of carbonyl (C=O) groups excluding carboxylic acids is 2. The van der Waals surface area contributed by atoms with Gasteiger partial charge in [0.15, 0.2) is 17.6 Å². The highest BCUT2D eigenvalue weighted by molar-refractivity contribution is 6.31. The third-order valence-electron chi connectivity index (χ3n) is 4.02. The first-order valence-corrected chi connectivity index (χ1v) is 8.91. The van der Waals surface area contributed by atoms with Crippen molar-refractivity contribution in [2.45, 2.75) is 32.8 Å². The molecule has 1 amide bonds. The number of oxazole rings is 1. The highest BCUT2D eigenvalue weighted by atomic mass is 35.5. The summed E-state index contributed by atoms with van der Waals surface area (Å²) in [6.45, 7) is 3.37. The fourth-order valence-electron chi connectivity index (χ4n) is 2.51. The van der Waals surface area contributed by atoms with Gasteiger partial charge in [0.25, 0.3) is 5.91 Å². The number of fused-ring (bicyclic) bond motifs is 1. The van der Waals surface area contributed by atoms with E-state index in [1.165, 1.54) is 6.92 Å². The monoisotopic (exact) mass is 386 g/mol. The van der Waals surface area contributed by atoms with Crippen LogP contribution in [0.15, 0.2) is 46.9 Å². The summed E-state index contributed by atoms with van der Waals surface area (Å²) in [7, 11) is 0. The molecule has 0 radical (unpaired) electrons. The normalized spacial score (nSPS) is 12.0. The number of benzene rings is 2. The number of para-hydroxylation sites is 2. The minimum Gasteiger partial charge on any atom is -0.453 e. The number of hydrogen-bond acceptors (Lipinski definition) is 5. The third-order valence-corrected chi connectivity index (χ3v) is 4.25. The van der Waals surface area contributed by atoms with Gasteiger partial charge in [-0.3, -0.25) is 9.59 Å². The molecule has 140 valence electrons. The van der Waals surface area contributed by atoms with Crippen LogP contribution < -0.4 is 5.32 Å². The fourth-order valence-corrected chi connectivity index (χ4v) is 2.68. The Labute approximate surface area is 161 Å². The Morgan fingerprint density at radius 2 is 2.04 bits per heavy atom. The molecule has 0 aliphatic rings. The van der Waals surface area contributed by atoms with Crippen LogP contribution in [0, 0.1) is 6.92 Å². The highest BCUT2D eigenvalue weighted by Crippen LogP contribution is 2.20. The van der Waals surface area contributed by atoms with Crippen molar-refractivity contribution in [1.29, 1.82) is 0 Å². The quantitative estimate of drug-likeness (QED) is 0.639. The van der Waals surface area contributed by atoms with Crippen molar-refractivity contribution >= 4 is 40.3 Å². The van der Waals surface area contributed by atoms with Gasteiger partial charge in [0.05, 0.1) is 6.42 Å². The van der Waals surface area contributed by atoms with Crippen LogP contribution in [-0.2, 0) is 20.7 Å². The van der Waals surface area contributed by atoms with Gasteiger partial charge < -0.3 is 14.5 Å². The topological polar surface area (TPSA) is 81.4 Å². The summed E-state index contributed by atoms with van der Waals surface area (Å²) in [5, 5.41) is 3.23. The molecule has 27 heavy (non-hydrogen) atoms. The van der Waals surface area contributed by atoms with E-state index < -0.39 is 18.0 Å². The summed E-state index contributed by atoms with van der Waals surface area (Å²) in [6.07, 6.45) is -0.560. The van der Waals surface area contributed by atoms with Crippen molar-refractivity contribution in [3.63, 3.8) is 0 Å². The van der Waals surface area contributed by atoms with Gasteiger partial charge in [-0.25, -0.2) is 4.98 Å². The van der Waals surface area contributed by atoms with E-state index in [4.69, 9.17) is 20.8 Å². The van der Waals surface area contributed by atoms with Gasteiger partial charge in [-0.1, -0.05) is 29.8 Å². The molecule has 3 rings (SSSR count). The zero-order valence-electron chi connectivity index (χ0n) is 15.0. The molecule has 1 N–H and O–H groups in total. The van der Waals surface area contributed by atoms with E-state index in [2.05, 4.69) is 10.3 Å².